The second-order valence-corrected chi connectivity index (χ2v) is 8.80. The minimum atomic E-state index is -4.01. The van der Waals surface area contributed by atoms with Gasteiger partial charge in [-0.3, -0.25) is 4.79 Å². The molecule has 0 aliphatic rings. The highest BCUT2D eigenvalue weighted by atomic mass is 32.2. The standard InChI is InChI=1S/C23H30N2O8S/c1-5-31-17-9-7-8-10-18(17)33-21(23(27)32-6-2)22(26)25-15(3)13-16-11-12-19(30-4)20(14-16)34(24,28)29/h7-12,14-15,21H,5-6,13H2,1-4H3,(H,25,26)(H2,24,28,29). The van der Waals surface area contributed by atoms with Crippen molar-refractivity contribution in [3.8, 4) is 17.2 Å². The van der Waals surface area contributed by atoms with Crippen molar-refractivity contribution in [2.75, 3.05) is 20.3 Å². The van der Waals surface area contributed by atoms with Gasteiger partial charge in [-0.15, -0.1) is 0 Å². The lowest BCUT2D eigenvalue weighted by Gasteiger charge is -2.21. The van der Waals surface area contributed by atoms with Gasteiger partial charge in [0, 0.05) is 6.04 Å². The SMILES string of the molecule is CCOC(=O)C(Oc1ccccc1OCC)C(=O)NC(C)Cc1ccc(OC)c(S(N)(=O)=O)c1. The Kier molecular flexibility index (Phi) is 9.69. The number of para-hydroxylation sites is 2. The van der Waals surface area contributed by atoms with Gasteiger partial charge in [0.1, 0.15) is 10.6 Å². The number of carbonyl (C=O) groups excluding carboxylic acids is 2. The number of carbonyl (C=O) groups is 2. The monoisotopic (exact) mass is 494 g/mol. The second-order valence-electron chi connectivity index (χ2n) is 7.27. The third kappa shape index (κ3) is 7.35. The molecular formula is C23H30N2O8S. The van der Waals surface area contributed by atoms with Gasteiger partial charge in [0.15, 0.2) is 11.5 Å². The number of hydrogen-bond donors (Lipinski definition) is 2. The lowest BCUT2D eigenvalue weighted by molar-refractivity contribution is -0.156. The van der Waals surface area contributed by atoms with E-state index in [1.54, 1.807) is 51.1 Å². The topological polar surface area (TPSA) is 143 Å². The number of hydrogen-bond acceptors (Lipinski definition) is 8. The molecule has 0 heterocycles. The Balaban J connectivity index is 2.20. The first-order valence-electron chi connectivity index (χ1n) is 10.7. The summed E-state index contributed by atoms with van der Waals surface area (Å²) in [7, 11) is -2.67. The van der Waals surface area contributed by atoms with Crippen LogP contribution in [0.4, 0.5) is 0 Å². The number of methoxy groups -OCH3 is 1. The van der Waals surface area contributed by atoms with Crippen LogP contribution in [-0.4, -0.2) is 52.8 Å². The van der Waals surface area contributed by atoms with E-state index in [1.165, 1.54) is 19.2 Å². The number of rotatable bonds is 12. The van der Waals surface area contributed by atoms with Crippen LogP contribution in [0.25, 0.3) is 0 Å². The average molecular weight is 495 g/mol. The molecule has 2 unspecified atom stereocenters. The molecule has 0 aromatic heterocycles. The van der Waals surface area contributed by atoms with Crippen LogP contribution >= 0.6 is 0 Å². The molecule has 34 heavy (non-hydrogen) atoms. The smallest absolute Gasteiger partial charge is 0.357 e. The van der Waals surface area contributed by atoms with E-state index in [4.69, 9.17) is 24.1 Å². The van der Waals surface area contributed by atoms with E-state index in [9.17, 15) is 18.0 Å². The van der Waals surface area contributed by atoms with Crippen LogP contribution in [0.2, 0.25) is 0 Å². The number of esters is 1. The first-order valence-corrected chi connectivity index (χ1v) is 12.2. The molecule has 0 saturated carbocycles. The van der Waals surface area contributed by atoms with Crippen LogP contribution in [0, 0.1) is 0 Å². The van der Waals surface area contributed by atoms with Gasteiger partial charge >= 0.3 is 5.97 Å². The maximum absolute atomic E-state index is 12.9. The molecule has 1 amide bonds. The Morgan fingerprint density at radius 1 is 1.03 bits per heavy atom. The lowest BCUT2D eigenvalue weighted by atomic mass is 10.1. The predicted octanol–water partition coefficient (Wildman–Crippen LogP) is 1.80. The van der Waals surface area contributed by atoms with E-state index in [0.29, 0.717) is 17.9 Å². The Labute approximate surface area is 199 Å². The maximum atomic E-state index is 12.9. The van der Waals surface area contributed by atoms with Gasteiger partial charge in [0.2, 0.25) is 10.0 Å². The molecule has 2 aromatic rings. The third-order valence-electron chi connectivity index (χ3n) is 4.60. The van der Waals surface area contributed by atoms with Crippen LogP contribution in [0.15, 0.2) is 47.4 Å². The predicted molar refractivity (Wildman–Crippen MR) is 124 cm³/mol. The highest BCUT2D eigenvalue weighted by molar-refractivity contribution is 7.89. The highest BCUT2D eigenvalue weighted by Crippen LogP contribution is 2.28. The molecule has 3 N–H and O–H groups in total. The number of benzene rings is 2. The number of sulfonamides is 1. The van der Waals surface area contributed by atoms with Gasteiger partial charge in [-0.1, -0.05) is 18.2 Å². The minimum absolute atomic E-state index is 0.0663. The molecule has 2 rings (SSSR count). The van der Waals surface area contributed by atoms with E-state index in [0.717, 1.165) is 0 Å². The number of ether oxygens (including phenoxy) is 4. The molecule has 0 saturated heterocycles. The summed E-state index contributed by atoms with van der Waals surface area (Å²) in [6.07, 6.45) is -1.32. The molecule has 11 heteroatoms. The second kappa shape index (κ2) is 12.2. The van der Waals surface area contributed by atoms with Gasteiger partial charge in [0.05, 0.1) is 20.3 Å². The van der Waals surface area contributed by atoms with Gasteiger partial charge < -0.3 is 24.3 Å². The summed E-state index contributed by atoms with van der Waals surface area (Å²) in [6.45, 7) is 5.56. The quantitative estimate of drug-likeness (QED) is 0.336. The normalized spacial score (nSPS) is 12.9. The summed E-state index contributed by atoms with van der Waals surface area (Å²) in [5, 5.41) is 7.98. The summed E-state index contributed by atoms with van der Waals surface area (Å²) < 4.78 is 45.0. The Morgan fingerprint density at radius 2 is 1.71 bits per heavy atom. The average Bonchev–Trinajstić information content (AvgIpc) is 2.78. The van der Waals surface area contributed by atoms with Crippen LogP contribution in [-0.2, 0) is 30.8 Å². The zero-order valence-electron chi connectivity index (χ0n) is 19.6. The maximum Gasteiger partial charge on any atom is 0.357 e. The Bertz CT molecular complexity index is 1100. The summed E-state index contributed by atoms with van der Waals surface area (Å²) in [5.41, 5.74) is 0.591. The first kappa shape index (κ1) is 26.9. The molecule has 0 radical (unpaired) electrons. The molecule has 0 bridgehead atoms. The van der Waals surface area contributed by atoms with Gasteiger partial charge in [-0.2, -0.15) is 0 Å². The zero-order valence-corrected chi connectivity index (χ0v) is 20.4. The number of nitrogens with two attached hydrogens (primary N) is 1. The third-order valence-corrected chi connectivity index (χ3v) is 5.53. The number of nitrogens with one attached hydrogen (secondary N) is 1. The van der Waals surface area contributed by atoms with Crippen molar-refractivity contribution in [3.05, 3.63) is 48.0 Å². The van der Waals surface area contributed by atoms with Crippen LogP contribution in [0.3, 0.4) is 0 Å². The van der Waals surface area contributed by atoms with Crippen LogP contribution in [0.5, 0.6) is 17.2 Å². The van der Waals surface area contributed by atoms with Crippen molar-refractivity contribution < 1.29 is 37.0 Å². The van der Waals surface area contributed by atoms with Crippen molar-refractivity contribution in [1.82, 2.24) is 5.32 Å². The molecule has 0 aliphatic carbocycles. The molecule has 186 valence electrons. The molecule has 0 spiro atoms. The molecule has 10 nitrogen and oxygen atoms in total. The van der Waals surface area contributed by atoms with Crippen LogP contribution < -0.4 is 24.7 Å². The van der Waals surface area contributed by atoms with Crippen molar-refractivity contribution in [3.63, 3.8) is 0 Å². The van der Waals surface area contributed by atoms with E-state index in [1.807, 2.05) is 0 Å². The molecule has 0 aliphatic heterocycles. The van der Waals surface area contributed by atoms with Crippen molar-refractivity contribution in [2.24, 2.45) is 5.14 Å². The Hall–Kier alpha value is -3.31. The lowest BCUT2D eigenvalue weighted by Crippen LogP contribution is -2.48. The van der Waals surface area contributed by atoms with E-state index in [2.05, 4.69) is 5.32 Å². The molecule has 2 aromatic carbocycles. The van der Waals surface area contributed by atoms with Gasteiger partial charge in [0.25, 0.3) is 12.0 Å². The summed E-state index contributed by atoms with van der Waals surface area (Å²) in [5.74, 6) is -0.837. The fraction of sp³-hybridized carbons (Fsp3) is 0.391. The number of primary sulfonamides is 1. The zero-order chi connectivity index (χ0) is 25.3. The Morgan fingerprint density at radius 3 is 2.29 bits per heavy atom. The van der Waals surface area contributed by atoms with E-state index >= 15 is 0 Å². The van der Waals surface area contributed by atoms with Gasteiger partial charge in [-0.25, -0.2) is 18.4 Å². The van der Waals surface area contributed by atoms with Crippen molar-refractivity contribution in [2.45, 2.75) is 44.2 Å². The molecular weight excluding hydrogens is 464 g/mol. The van der Waals surface area contributed by atoms with E-state index in [-0.39, 0.29) is 29.4 Å². The fourth-order valence-corrected chi connectivity index (χ4v) is 3.92. The van der Waals surface area contributed by atoms with E-state index < -0.39 is 34.0 Å². The van der Waals surface area contributed by atoms with Crippen molar-refractivity contribution in [1.29, 1.82) is 0 Å². The summed E-state index contributed by atoms with van der Waals surface area (Å²) >= 11 is 0. The fourth-order valence-electron chi connectivity index (χ4n) is 3.17. The number of amides is 1. The summed E-state index contributed by atoms with van der Waals surface area (Å²) in [6, 6.07) is 10.7. The summed E-state index contributed by atoms with van der Waals surface area (Å²) in [4.78, 5) is 25.3. The molecule has 2 atom stereocenters. The first-order chi connectivity index (χ1) is 16.1. The van der Waals surface area contributed by atoms with Crippen molar-refractivity contribution >= 4 is 21.9 Å². The van der Waals surface area contributed by atoms with Crippen LogP contribution in [0.1, 0.15) is 26.3 Å². The highest BCUT2D eigenvalue weighted by Gasteiger charge is 2.32. The largest absolute Gasteiger partial charge is 0.495 e. The van der Waals surface area contributed by atoms with Gasteiger partial charge in [-0.05, 0) is 57.0 Å². The minimum Gasteiger partial charge on any atom is -0.495 e. The molecule has 0 fully saturated rings.